The van der Waals surface area contributed by atoms with Gasteiger partial charge >= 0.3 is 0 Å². The van der Waals surface area contributed by atoms with Gasteiger partial charge in [-0.2, -0.15) is 0 Å². The minimum absolute atomic E-state index is 0.295. The van der Waals surface area contributed by atoms with Gasteiger partial charge in [-0.25, -0.2) is 4.21 Å². The van der Waals surface area contributed by atoms with Gasteiger partial charge in [-0.15, -0.1) is 0 Å². The highest BCUT2D eigenvalue weighted by Gasteiger charge is 1.93. The van der Waals surface area contributed by atoms with Gasteiger partial charge in [0.2, 0.25) is 0 Å². The van der Waals surface area contributed by atoms with Gasteiger partial charge in [0, 0.05) is 12.8 Å². The molecule has 1 N–H and O–H groups in total. The lowest BCUT2D eigenvalue weighted by Gasteiger charge is -1.93. The van der Waals surface area contributed by atoms with Crippen LogP contribution >= 0.6 is 0 Å². The van der Waals surface area contributed by atoms with E-state index in [1.54, 1.807) is 7.05 Å². The summed E-state index contributed by atoms with van der Waals surface area (Å²) in [4.78, 5) is 3.83. The fourth-order valence-corrected chi connectivity index (χ4v) is 0.817. The van der Waals surface area contributed by atoms with Gasteiger partial charge < -0.3 is 4.55 Å². The molecule has 0 amide bonds. The highest BCUT2D eigenvalue weighted by Crippen LogP contribution is 1.86. The molecule has 0 aromatic rings. The van der Waals surface area contributed by atoms with E-state index in [2.05, 4.69) is 4.99 Å². The third-order valence-electron chi connectivity index (χ3n) is 1.02. The monoisotopic (exact) mass is 149 g/mol. The van der Waals surface area contributed by atoms with E-state index in [0.717, 1.165) is 5.71 Å². The summed E-state index contributed by atoms with van der Waals surface area (Å²) in [5.41, 5.74) is 0.914. The van der Waals surface area contributed by atoms with Crippen molar-refractivity contribution in [3.05, 3.63) is 0 Å². The topological polar surface area (TPSA) is 49.7 Å². The molecule has 1 unspecified atom stereocenters. The molecule has 54 valence electrons. The largest absolute Gasteiger partial charge is 0.306 e. The fraction of sp³-hybridized carbons (Fsp3) is 0.800. The molecular formula is C5H11NO2S. The molecule has 9 heavy (non-hydrogen) atoms. The van der Waals surface area contributed by atoms with Crippen molar-refractivity contribution in [2.45, 2.75) is 13.3 Å². The van der Waals surface area contributed by atoms with E-state index < -0.39 is 11.1 Å². The summed E-state index contributed by atoms with van der Waals surface area (Å²) >= 11 is -1.67. The summed E-state index contributed by atoms with van der Waals surface area (Å²) in [5, 5.41) is 0. The summed E-state index contributed by atoms with van der Waals surface area (Å²) in [5.74, 6) is 0.295. The Morgan fingerprint density at radius 1 is 1.78 bits per heavy atom. The molecule has 0 aromatic carbocycles. The van der Waals surface area contributed by atoms with Crippen LogP contribution in [0.3, 0.4) is 0 Å². The molecule has 0 saturated carbocycles. The normalized spacial score (nSPS) is 15.7. The third kappa shape index (κ3) is 5.65. The molecule has 0 bridgehead atoms. The van der Waals surface area contributed by atoms with Gasteiger partial charge in [0.05, 0.1) is 5.75 Å². The van der Waals surface area contributed by atoms with Crippen LogP contribution in [0.2, 0.25) is 0 Å². The first-order chi connectivity index (χ1) is 4.16. The molecule has 1 atom stereocenters. The van der Waals surface area contributed by atoms with E-state index in [1.165, 1.54) is 0 Å². The summed E-state index contributed by atoms with van der Waals surface area (Å²) in [6.07, 6.45) is 0.611. The molecular weight excluding hydrogens is 138 g/mol. The van der Waals surface area contributed by atoms with Crippen molar-refractivity contribution in [2.24, 2.45) is 4.99 Å². The molecule has 0 aromatic heterocycles. The first kappa shape index (κ1) is 8.78. The summed E-state index contributed by atoms with van der Waals surface area (Å²) in [7, 11) is 1.68. The molecule has 0 rings (SSSR count). The molecule has 0 spiro atoms. The molecule has 0 aliphatic carbocycles. The van der Waals surface area contributed by atoms with Crippen LogP contribution in [0.15, 0.2) is 4.99 Å². The Morgan fingerprint density at radius 2 is 2.33 bits per heavy atom. The van der Waals surface area contributed by atoms with E-state index in [-0.39, 0.29) is 0 Å². The van der Waals surface area contributed by atoms with Crippen molar-refractivity contribution in [2.75, 3.05) is 12.8 Å². The molecule has 0 radical (unpaired) electrons. The molecule has 0 heterocycles. The van der Waals surface area contributed by atoms with E-state index in [0.29, 0.717) is 12.2 Å². The summed E-state index contributed by atoms with van der Waals surface area (Å²) < 4.78 is 18.4. The summed E-state index contributed by atoms with van der Waals surface area (Å²) in [6.45, 7) is 1.84. The minimum Gasteiger partial charge on any atom is -0.306 e. The van der Waals surface area contributed by atoms with Crippen LogP contribution in [0.25, 0.3) is 0 Å². The van der Waals surface area contributed by atoms with Crippen LogP contribution in [-0.2, 0) is 11.1 Å². The van der Waals surface area contributed by atoms with Crippen molar-refractivity contribution in [1.29, 1.82) is 0 Å². The Labute approximate surface area is 57.5 Å². The van der Waals surface area contributed by atoms with Crippen LogP contribution < -0.4 is 0 Å². The average Bonchev–Trinajstić information content (AvgIpc) is 1.83. The zero-order valence-electron chi connectivity index (χ0n) is 5.63. The average molecular weight is 149 g/mol. The van der Waals surface area contributed by atoms with Gasteiger partial charge in [0.1, 0.15) is 0 Å². The van der Waals surface area contributed by atoms with Gasteiger partial charge in [-0.3, -0.25) is 4.99 Å². The highest BCUT2D eigenvalue weighted by atomic mass is 32.2. The third-order valence-corrected chi connectivity index (χ3v) is 1.57. The standard InChI is InChI=1S/C5H11NO2S/c1-5(6-2)3-4-9(7)8/h3-4H2,1-2H3,(H,7,8). The Morgan fingerprint density at radius 3 is 2.67 bits per heavy atom. The van der Waals surface area contributed by atoms with Crippen molar-refractivity contribution in [3.63, 3.8) is 0 Å². The number of aliphatic imine (C=N–C) groups is 1. The van der Waals surface area contributed by atoms with Gasteiger partial charge in [-0.1, -0.05) is 0 Å². The van der Waals surface area contributed by atoms with Crippen molar-refractivity contribution in [1.82, 2.24) is 0 Å². The van der Waals surface area contributed by atoms with Crippen LogP contribution in [0.1, 0.15) is 13.3 Å². The smallest absolute Gasteiger partial charge is 0.153 e. The van der Waals surface area contributed by atoms with Gasteiger partial charge in [0.15, 0.2) is 11.1 Å². The Kier molecular flexibility index (Phi) is 4.53. The Balaban J connectivity index is 3.39. The molecule has 0 fully saturated rings. The second-order valence-electron chi connectivity index (χ2n) is 1.73. The van der Waals surface area contributed by atoms with Crippen LogP contribution in [-0.4, -0.2) is 27.3 Å². The first-order valence-electron chi connectivity index (χ1n) is 2.66. The maximum absolute atomic E-state index is 10.1. The second kappa shape index (κ2) is 4.64. The number of nitrogens with zero attached hydrogens (tertiary/aromatic N) is 1. The SMILES string of the molecule is CN=C(C)CCS(=O)O. The van der Waals surface area contributed by atoms with Crippen molar-refractivity contribution >= 4 is 16.8 Å². The number of hydrogen-bond donors (Lipinski definition) is 1. The molecule has 4 heteroatoms. The maximum Gasteiger partial charge on any atom is 0.153 e. The Bertz CT molecular complexity index is 133. The highest BCUT2D eigenvalue weighted by molar-refractivity contribution is 7.79. The lowest BCUT2D eigenvalue weighted by atomic mass is 10.3. The fourth-order valence-electron chi connectivity index (χ4n) is 0.347. The predicted molar refractivity (Wildman–Crippen MR) is 39.3 cm³/mol. The van der Waals surface area contributed by atoms with Crippen molar-refractivity contribution < 1.29 is 8.76 Å². The lowest BCUT2D eigenvalue weighted by molar-refractivity contribution is 0.564. The molecule has 3 nitrogen and oxygen atoms in total. The van der Waals surface area contributed by atoms with Crippen LogP contribution in [0.5, 0.6) is 0 Å². The van der Waals surface area contributed by atoms with Crippen LogP contribution in [0.4, 0.5) is 0 Å². The number of rotatable bonds is 3. The lowest BCUT2D eigenvalue weighted by Crippen LogP contribution is -2.00. The van der Waals surface area contributed by atoms with E-state index >= 15 is 0 Å². The quantitative estimate of drug-likeness (QED) is 0.474. The zero-order valence-corrected chi connectivity index (χ0v) is 6.44. The maximum atomic E-state index is 10.1. The van der Waals surface area contributed by atoms with E-state index in [9.17, 15) is 4.21 Å². The van der Waals surface area contributed by atoms with E-state index in [4.69, 9.17) is 4.55 Å². The number of hydrogen-bond acceptors (Lipinski definition) is 2. The molecule has 0 saturated heterocycles. The first-order valence-corrected chi connectivity index (χ1v) is 3.94. The van der Waals surface area contributed by atoms with Gasteiger partial charge in [0.25, 0.3) is 0 Å². The predicted octanol–water partition coefficient (Wildman–Crippen LogP) is 0.689. The zero-order chi connectivity index (χ0) is 7.28. The van der Waals surface area contributed by atoms with Crippen molar-refractivity contribution in [3.8, 4) is 0 Å². The molecule has 0 aliphatic rings. The Hall–Kier alpha value is -0.220. The summed E-state index contributed by atoms with van der Waals surface area (Å²) in [6, 6.07) is 0. The molecule has 0 aliphatic heterocycles. The second-order valence-corrected chi connectivity index (χ2v) is 2.79. The van der Waals surface area contributed by atoms with E-state index in [1.807, 2.05) is 6.92 Å². The van der Waals surface area contributed by atoms with Crippen LogP contribution in [0, 0.1) is 0 Å². The minimum atomic E-state index is -1.67. The van der Waals surface area contributed by atoms with Gasteiger partial charge in [-0.05, 0) is 13.3 Å².